The molecule has 0 spiro atoms. The maximum absolute atomic E-state index is 13.1. The number of aliphatic hydroxyl groups excluding tert-OH is 6. The summed E-state index contributed by atoms with van der Waals surface area (Å²) in [4.78, 5) is 40.1. The molecule has 2 saturated heterocycles. The van der Waals surface area contributed by atoms with E-state index in [0.717, 1.165) is 77.0 Å². The summed E-state index contributed by atoms with van der Waals surface area (Å²) < 4.78 is 62.5. The fourth-order valence-corrected chi connectivity index (χ4v) is 9.86. The number of hydrogen-bond donors (Lipinski definition) is 9. The van der Waals surface area contributed by atoms with Gasteiger partial charge in [0.1, 0.15) is 49.8 Å². The topological polar surface area (TPSA) is 307 Å². The number of alkyl carbamates (subject to hydrolysis) is 1. The van der Waals surface area contributed by atoms with Gasteiger partial charge in [0.2, 0.25) is 0 Å². The number of unbranched alkanes of at least 4 members (excludes halogenated alkanes) is 22. The van der Waals surface area contributed by atoms with E-state index in [4.69, 9.17) is 23.7 Å². The van der Waals surface area contributed by atoms with E-state index in [2.05, 4.69) is 47.7 Å². The average Bonchev–Trinajstić information content (AvgIpc) is 3.39. The molecule has 0 aromatic rings. The summed E-state index contributed by atoms with van der Waals surface area (Å²) in [5.41, 5.74) is 0. The van der Waals surface area contributed by atoms with Gasteiger partial charge in [-0.25, -0.2) is 4.79 Å². The third kappa shape index (κ3) is 34.5. The molecule has 0 unspecified atom stereocenters. The molecule has 2 fully saturated rings. The predicted octanol–water partition coefficient (Wildman–Crippen LogP) is 5.04. The number of piperidine rings is 1. The maximum atomic E-state index is 13.1. The van der Waals surface area contributed by atoms with E-state index >= 15 is 0 Å². The van der Waals surface area contributed by atoms with Gasteiger partial charge in [0.05, 0.1) is 25.4 Å². The molecule has 0 aromatic heterocycles. The Morgan fingerprint density at radius 1 is 0.636 bits per heavy atom. The first-order chi connectivity index (χ1) is 36.6. The molecule has 2 rings (SSSR count). The molecule has 2 aliphatic rings. The summed E-state index contributed by atoms with van der Waals surface area (Å²) in [5, 5.41) is 65.7. The van der Waals surface area contributed by atoms with Crippen LogP contribution < -0.4 is 34.9 Å². The van der Waals surface area contributed by atoms with Crippen LogP contribution in [-0.2, 0) is 37.5 Å². The van der Waals surface area contributed by atoms with Crippen LogP contribution in [0.15, 0.2) is 24.3 Å². The molecule has 22 heteroatoms. The summed E-state index contributed by atoms with van der Waals surface area (Å²) >= 11 is -4.96. The Morgan fingerprint density at radius 2 is 1.09 bits per heavy atom. The molecule has 0 aliphatic carbocycles. The first-order valence-corrected chi connectivity index (χ1v) is 30.3. The van der Waals surface area contributed by atoms with E-state index in [0.29, 0.717) is 12.8 Å². The number of β-amino-alcohol motifs (C(OH)–C–C–N with tert-alkyl or cyclic N) is 1. The number of hydrogen-bond acceptors (Lipinski definition) is 19. The van der Waals surface area contributed by atoms with Gasteiger partial charge >= 0.3 is 47.6 Å². The van der Waals surface area contributed by atoms with E-state index in [1.807, 2.05) is 0 Å². The van der Waals surface area contributed by atoms with Crippen molar-refractivity contribution in [2.45, 2.75) is 261 Å². The zero-order valence-corrected chi connectivity index (χ0v) is 49.9. The summed E-state index contributed by atoms with van der Waals surface area (Å²) in [6.07, 6.45) is 23.2. The number of aliphatic hydroxyl groups is 6. The van der Waals surface area contributed by atoms with Crippen LogP contribution >= 0.6 is 11.2 Å². The Hall–Kier alpha value is -1.48. The average molecular weight is 1130 g/mol. The van der Waals surface area contributed by atoms with Crippen molar-refractivity contribution in [3.05, 3.63) is 24.3 Å². The fourth-order valence-electron chi connectivity index (χ4n) is 9.34. The monoisotopic (exact) mass is 1130 g/mol. The van der Waals surface area contributed by atoms with Crippen LogP contribution in [0.3, 0.4) is 0 Å². The van der Waals surface area contributed by atoms with E-state index in [-0.39, 0.29) is 81.7 Å². The fraction of sp³-hybridized carbons (Fsp3) is 0.873. The molecule has 2 heterocycles. The molecule has 9 N–H and O–H groups in total. The second-order valence-corrected chi connectivity index (χ2v) is 21.5. The third-order valence-electron chi connectivity index (χ3n) is 13.8. The van der Waals surface area contributed by atoms with Crippen molar-refractivity contribution in [1.29, 1.82) is 0 Å². The second kappa shape index (κ2) is 46.1. The SMILES string of the molecule is CCCCCCCC/C=C\CCCCCCCC(=O)OCC(COC(=O)CCCCCCC/C=C\CCCCCCCC)OC(=O)NCCCN1C[C@H](O)[C@@H](O)[C@H](O[C@@H]2O[C@H](CO)[C@H](O)[C@H](OS([O-])(O)O)[C@H]2O)[C@H]1CO.[Na+]. The van der Waals surface area contributed by atoms with Crippen molar-refractivity contribution < 1.29 is 116 Å². The quantitative estimate of drug-likeness (QED) is 0.0127. The van der Waals surface area contributed by atoms with Gasteiger partial charge in [-0.3, -0.25) is 18.7 Å². The van der Waals surface area contributed by atoms with Crippen molar-refractivity contribution in [3.8, 4) is 0 Å². The van der Waals surface area contributed by atoms with E-state index < -0.39 is 104 Å². The number of nitrogens with zero attached hydrogens (tertiary/aromatic N) is 1. The zero-order chi connectivity index (χ0) is 55.8. The molecule has 77 heavy (non-hydrogen) atoms. The van der Waals surface area contributed by atoms with Crippen LogP contribution in [-0.4, -0.2) is 174 Å². The van der Waals surface area contributed by atoms with Gasteiger partial charge < -0.3 is 73.3 Å². The Balaban J connectivity index is 0.0000296. The first-order valence-electron chi connectivity index (χ1n) is 28.9. The van der Waals surface area contributed by atoms with Crippen molar-refractivity contribution in [1.82, 2.24) is 10.2 Å². The number of carbonyl (C=O) groups is 3. The summed E-state index contributed by atoms with van der Waals surface area (Å²) in [6, 6.07) is -1.05. The van der Waals surface area contributed by atoms with Crippen molar-refractivity contribution in [2.75, 3.05) is 46.1 Å². The number of likely N-dealkylation sites (tertiary alicyclic amines) is 1. The number of allylic oxidation sites excluding steroid dienone is 4. The van der Waals surface area contributed by atoms with Crippen LogP contribution in [0.1, 0.15) is 200 Å². The molecule has 20 nitrogen and oxygen atoms in total. The van der Waals surface area contributed by atoms with E-state index in [1.165, 1.54) is 77.0 Å². The van der Waals surface area contributed by atoms with E-state index in [9.17, 15) is 58.7 Å². The zero-order valence-electron chi connectivity index (χ0n) is 47.1. The molecular formula is C55H101N2NaO18S. The summed E-state index contributed by atoms with van der Waals surface area (Å²) in [5.74, 6) is -0.907. The van der Waals surface area contributed by atoms with Gasteiger partial charge in [-0.15, -0.1) is 0 Å². The standard InChI is InChI=1S/C55H102N2O18S.Na/c1-3-5-7-9-11-13-15-17-19-21-23-25-27-29-31-34-47(61)70-41-43(42-71-48(62)35-32-30-28-26-24-22-20-18-16-14-12-10-8-6-4-2)72-55(66)56-36-33-37-57-38-45(60)49(63)52(44(57)39-58)74-54-51(65)53(75-76(67,68)69)50(64)46(40-59)73-54;/h17-20,43-46,49-54,58-60,63-65,67-69H,3-16,21-42H2,1-2H3,(H,56,66);/q;+1/p-1/b19-17-,20-18-;/t44-,45+,46-,49-,50+,51-,52-,53+,54+;/m1./s1. The van der Waals surface area contributed by atoms with Crippen LogP contribution in [0.25, 0.3) is 0 Å². The van der Waals surface area contributed by atoms with Crippen LogP contribution in [0.4, 0.5) is 4.79 Å². The number of nitrogens with one attached hydrogen (secondary N) is 1. The van der Waals surface area contributed by atoms with Crippen LogP contribution in [0.2, 0.25) is 0 Å². The molecule has 0 aromatic carbocycles. The smallest absolute Gasteiger partial charge is 0.751 e. The summed E-state index contributed by atoms with van der Waals surface area (Å²) in [6.45, 7) is 2.25. The Labute approximate surface area is 484 Å². The third-order valence-corrected chi connectivity index (χ3v) is 14.3. The largest absolute Gasteiger partial charge is 1.00 e. The first kappa shape index (κ1) is 73.5. The normalized spacial score (nSPS) is 23.4. The van der Waals surface area contributed by atoms with Crippen molar-refractivity contribution >= 4 is 29.2 Å². The van der Waals surface area contributed by atoms with Gasteiger partial charge in [0.25, 0.3) is 0 Å². The molecule has 0 bridgehead atoms. The molecular weight excluding hydrogens is 1030 g/mol. The molecule has 1 amide bonds. The number of ether oxygens (including phenoxy) is 5. The van der Waals surface area contributed by atoms with Gasteiger partial charge in [0, 0.05) is 43.6 Å². The second-order valence-electron chi connectivity index (χ2n) is 20.5. The minimum Gasteiger partial charge on any atom is -0.751 e. The minimum absolute atomic E-state index is 0. The molecule has 0 radical (unpaired) electrons. The van der Waals surface area contributed by atoms with E-state index in [1.54, 1.807) is 4.90 Å². The Bertz CT molecular complexity index is 1490. The molecule has 9 atom stereocenters. The van der Waals surface area contributed by atoms with Gasteiger partial charge in [0.15, 0.2) is 12.4 Å². The van der Waals surface area contributed by atoms with Crippen LogP contribution in [0, 0.1) is 0 Å². The van der Waals surface area contributed by atoms with Crippen molar-refractivity contribution in [2.24, 2.45) is 0 Å². The Morgan fingerprint density at radius 3 is 1.53 bits per heavy atom. The number of carbonyl (C=O) groups excluding carboxylic acids is 3. The summed E-state index contributed by atoms with van der Waals surface area (Å²) in [7, 11) is 0. The number of rotatable bonds is 45. The number of esters is 2. The van der Waals surface area contributed by atoms with Gasteiger partial charge in [-0.05, 0) is 70.6 Å². The van der Waals surface area contributed by atoms with Gasteiger partial charge in [-0.1, -0.05) is 141 Å². The number of amides is 1. The van der Waals surface area contributed by atoms with Crippen molar-refractivity contribution in [3.63, 3.8) is 0 Å². The molecule has 446 valence electrons. The Kier molecular flexibility index (Phi) is 44.0. The maximum Gasteiger partial charge on any atom is 1.00 e. The molecule has 0 saturated carbocycles. The van der Waals surface area contributed by atoms with Gasteiger partial charge in [-0.2, -0.15) is 0 Å². The predicted molar refractivity (Wildman–Crippen MR) is 289 cm³/mol. The minimum atomic E-state index is -4.96. The van der Waals surface area contributed by atoms with Crippen LogP contribution in [0.5, 0.6) is 0 Å². The molecule has 2 aliphatic heterocycles.